The molecule has 0 aliphatic carbocycles. The van der Waals surface area contributed by atoms with E-state index in [0.29, 0.717) is 6.04 Å². The van der Waals surface area contributed by atoms with Crippen LogP contribution in [0.2, 0.25) is 0 Å². The molecule has 0 spiro atoms. The van der Waals surface area contributed by atoms with Gasteiger partial charge in [0.15, 0.2) is 0 Å². The van der Waals surface area contributed by atoms with Crippen LogP contribution in [0.5, 0.6) is 0 Å². The Bertz CT molecular complexity index is 632. The molecule has 1 aromatic carbocycles. The first-order valence-corrected chi connectivity index (χ1v) is 8.90. The maximum Gasteiger partial charge on any atom is 0.232 e. The lowest BCUT2D eigenvalue weighted by Crippen LogP contribution is -2.44. The zero-order valence-corrected chi connectivity index (χ0v) is 15.0. The third-order valence-electron chi connectivity index (χ3n) is 4.84. The summed E-state index contributed by atoms with van der Waals surface area (Å²) >= 11 is 0. The van der Waals surface area contributed by atoms with E-state index in [9.17, 15) is 0 Å². The molecule has 3 rings (SSSR count). The number of anilines is 1. The van der Waals surface area contributed by atoms with Crippen LogP contribution in [-0.2, 0) is 6.54 Å². The van der Waals surface area contributed by atoms with Gasteiger partial charge in [-0.25, -0.2) is 0 Å². The van der Waals surface area contributed by atoms with E-state index < -0.39 is 0 Å². The van der Waals surface area contributed by atoms with Crippen LogP contribution < -0.4 is 10.2 Å². The molecule has 5 nitrogen and oxygen atoms in total. The highest BCUT2D eigenvalue weighted by atomic mass is 16.5. The van der Waals surface area contributed by atoms with Crippen molar-refractivity contribution in [1.82, 2.24) is 15.4 Å². The van der Waals surface area contributed by atoms with Gasteiger partial charge in [-0.15, -0.1) is 0 Å². The molecule has 130 valence electrons. The van der Waals surface area contributed by atoms with Gasteiger partial charge in [-0.1, -0.05) is 42.4 Å². The van der Waals surface area contributed by atoms with Crippen LogP contribution in [0.4, 0.5) is 5.88 Å². The van der Waals surface area contributed by atoms with Gasteiger partial charge in [0.1, 0.15) is 5.69 Å². The average Bonchev–Trinajstić information content (AvgIpc) is 3.05. The summed E-state index contributed by atoms with van der Waals surface area (Å²) in [7, 11) is 2.17. The van der Waals surface area contributed by atoms with Gasteiger partial charge in [-0.3, -0.25) is 0 Å². The molecule has 1 unspecified atom stereocenters. The van der Waals surface area contributed by atoms with Crippen molar-refractivity contribution >= 4 is 5.88 Å². The fourth-order valence-corrected chi connectivity index (χ4v) is 2.96. The molecule has 1 aliphatic heterocycles. The van der Waals surface area contributed by atoms with Crippen LogP contribution in [0.15, 0.2) is 34.9 Å². The summed E-state index contributed by atoms with van der Waals surface area (Å²) in [6.45, 7) is 9.27. The molecule has 1 N–H and O–H groups in total. The lowest BCUT2D eigenvalue weighted by molar-refractivity contribution is 0.299. The zero-order chi connectivity index (χ0) is 16.9. The number of nitrogens with one attached hydrogen (secondary N) is 1. The van der Waals surface area contributed by atoms with Gasteiger partial charge in [0.05, 0.1) is 5.56 Å². The van der Waals surface area contributed by atoms with Crippen molar-refractivity contribution in [3.05, 3.63) is 35.9 Å². The largest absolute Gasteiger partial charge is 0.338 e. The van der Waals surface area contributed by atoms with Crippen LogP contribution in [0.1, 0.15) is 25.8 Å². The summed E-state index contributed by atoms with van der Waals surface area (Å²) in [5.74, 6) is 0.928. The summed E-state index contributed by atoms with van der Waals surface area (Å²) in [6, 6.07) is 10.8. The summed E-state index contributed by atoms with van der Waals surface area (Å²) < 4.78 is 5.81. The maximum absolute atomic E-state index is 5.81. The van der Waals surface area contributed by atoms with Crippen LogP contribution in [0.25, 0.3) is 11.3 Å². The molecule has 5 heteroatoms. The Labute approximate surface area is 144 Å². The second-order valence-corrected chi connectivity index (χ2v) is 6.66. The number of aromatic nitrogens is 1. The fraction of sp³-hybridized carbons (Fsp3) is 0.526. The van der Waals surface area contributed by atoms with Gasteiger partial charge in [-0.05, 0) is 20.4 Å². The first-order valence-electron chi connectivity index (χ1n) is 8.90. The summed E-state index contributed by atoms with van der Waals surface area (Å²) in [6.07, 6.45) is 1.11. The molecule has 0 bridgehead atoms. The lowest BCUT2D eigenvalue weighted by Gasteiger charge is -2.32. The molecule has 1 aliphatic rings. The Morgan fingerprint density at radius 2 is 1.88 bits per heavy atom. The number of piperazine rings is 1. The minimum Gasteiger partial charge on any atom is -0.338 e. The number of hydrogen-bond donors (Lipinski definition) is 1. The molecule has 1 atom stereocenters. The van der Waals surface area contributed by atoms with Crippen molar-refractivity contribution in [2.75, 3.05) is 38.1 Å². The molecule has 0 radical (unpaired) electrons. The molecule has 2 heterocycles. The van der Waals surface area contributed by atoms with E-state index in [1.54, 1.807) is 0 Å². The van der Waals surface area contributed by atoms with Crippen molar-refractivity contribution in [2.45, 2.75) is 32.9 Å². The number of hydrogen-bond acceptors (Lipinski definition) is 5. The highest BCUT2D eigenvalue weighted by Crippen LogP contribution is 2.31. The van der Waals surface area contributed by atoms with E-state index in [1.807, 2.05) is 18.2 Å². The predicted molar refractivity (Wildman–Crippen MR) is 98.2 cm³/mol. The number of likely N-dealkylation sites (N-methyl/N-ethyl adjacent to an activating group) is 1. The zero-order valence-electron chi connectivity index (χ0n) is 15.0. The Morgan fingerprint density at radius 1 is 1.17 bits per heavy atom. The third kappa shape index (κ3) is 3.79. The SMILES string of the molecule is CCC(C)NCc1c(-c2ccccc2)noc1N1CCN(C)CC1. The van der Waals surface area contributed by atoms with E-state index in [2.05, 4.69) is 53.3 Å². The topological polar surface area (TPSA) is 44.5 Å². The Kier molecular flexibility index (Phi) is 5.53. The lowest BCUT2D eigenvalue weighted by atomic mass is 10.1. The number of nitrogens with zero attached hydrogens (tertiary/aromatic N) is 3. The second-order valence-electron chi connectivity index (χ2n) is 6.66. The van der Waals surface area contributed by atoms with Crippen molar-refractivity contribution in [2.24, 2.45) is 0 Å². The van der Waals surface area contributed by atoms with Gasteiger partial charge in [-0.2, -0.15) is 0 Å². The van der Waals surface area contributed by atoms with Crippen LogP contribution in [0.3, 0.4) is 0 Å². The number of benzene rings is 1. The molecule has 0 saturated carbocycles. The van der Waals surface area contributed by atoms with E-state index in [-0.39, 0.29) is 0 Å². The fourth-order valence-electron chi connectivity index (χ4n) is 2.96. The first kappa shape index (κ1) is 17.0. The molecule has 0 amide bonds. The van der Waals surface area contributed by atoms with Gasteiger partial charge in [0.25, 0.3) is 0 Å². The smallest absolute Gasteiger partial charge is 0.232 e. The normalized spacial score (nSPS) is 17.2. The molecule has 1 saturated heterocycles. The first-order chi connectivity index (χ1) is 11.7. The monoisotopic (exact) mass is 328 g/mol. The van der Waals surface area contributed by atoms with Crippen molar-refractivity contribution in [3.63, 3.8) is 0 Å². The van der Waals surface area contributed by atoms with E-state index >= 15 is 0 Å². The minimum atomic E-state index is 0.476. The van der Waals surface area contributed by atoms with Crippen LogP contribution in [0, 0.1) is 0 Å². The number of rotatable bonds is 6. The van der Waals surface area contributed by atoms with Crippen molar-refractivity contribution < 1.29 is 4.52 Å². The minimum absolute atomic E-state index is 0.476. The molecule has 2 aromatic rings. The van der Waals surface area contributed by atoms with Crippen LogP contribution >= 0.6 is 0 Å². The highest BCUT2D eigenvalue weighted by Gasteiger charge is 2.24. The Balaban J connectivity index is 1.89. The molecular weight excluding hydrogens is 300 g/mol. The van der Waals surface area contributed by atoms with Crippen LogP contribution in [-0.4, -0.2) is 49.3 Å². The molecule has 1 aromatic heterocycles. The quantitative estimate of drug-likeness (QED) is 0.883. The predicted octanol–water partition coefficient (Wildman–Crippen LogP) is 2.98. The van der Waals surface area contributed by atoms with E-state index in [1.165, 1.54) is 5.56 Å². The van der Waals surface area contributed by atoms with Gasteiger partial charge in [0, 0.05) is 44.3 Å². The molecule has 24 heavy (non-hydrogen) atoms. The average molecular weight is 328 g/mol. The molecular formula is C19H28N4O. The van der Waals surface area contributed by atoms with E-state index in [0.717, 1.165) is 56.3 Å². The highest BCUT2D eigenvalue weighted by molar-refractivity contribution is 5.68. The van der Waals surface area contributed by atoms with Crippen molar-refractivity contribution in [1.29, 1.82) is 0 Å². The van der Waals surface area contributed by atoms with Gasteiger partial charge < -0.3 is 19.6 Å². The Hall–Kier alpha value is -1.85. The second kappa shape index (κ2) is 7.81. The molecule has 1 fully saturated rings. The summed E-state index contributed by atoms with van der Waals surface area (Å²) in [4.78, 5) is 4.68. The Morgan fingerprint density at radius 3 is 2.54 bits per heavy atom. The van der Waals surface area contributed by atoms with Gasteiger partial charge in [0.2, 0.25) is 5.88 Å². The summed E-state index contributed by atoms with van der Waals surface area (Å²) in [5.41, 5.74) is 3.24. The summed E-state index contributed by atoms with van der Waals surface area (Å²) in [5, 5.41) is 8.01. The third-order valence-corrected chi connectivity index (χ3v) is 4.84. The maximum atomic E-state index is 5.81. The van der Waals surface area contributed by atoms with Crippen molar-refractivity contribution in [3.8, 4) is 11.3 Å². The van der Waals surface area contributed by atoms with E-state index in [4.69, 9.17) is 4.52 Å². The van der Waals surface area contributed by atoms with Gasteiger partial charge >= 0.3 is 0 Å². The standard InChI is InChI=1S/C19H28N4O/c1-4-15(2)20-14-17-18(16-8-6-5-7-9-16)21-24-19(17)23-12-10-22(3)11-13-23/h5-9,15,20H,4,10-14H2,1-3H3.